The predicted molar refractivity (Wildman–Crippen MR) is 81.0 cm³/mol. The van der Waals surface area contributed by atoms with Gasteiger partial charge < -0.3 is 15.3 Å². The van der Waals surface area contributed by atoms with Gasteiger partial charge >= 0.3 is 5.97 Å². The summed E-state index contributed by atoms with van der Waals surface area (Å²) in [6, 6.07) is 0. The quantitative estimate of drug-likeness (QED) is 0.812. The lowest BCUT2D eigenvalue weighted by Gasteiger charge is -2.29. The van der Waals surface area contributed by atoms with Crippen molar-refractivity contribution in [2.24, 2.45) is 11.8 Å². The minimum Gasteiger partial charge on any atom is -0.481 e. The van der Waals surface area contributed by atoms with E-state index in [0.717, 1.165) is 51.6 Å². The molecular formula is C16H28N2O3. The highest BCUT2D eigenvalue weighted by atomic mass is 16.4. The van der Waals surface area contributed by atoms with Crippen molar-refractivity contribution in [3.63, 3.8) is 0 Å². The van der Waals surface area contributed by atoms with Gasteiger partial charge in [-0.1, -0.05) is 25.7 Å². The Morgan fingerprint density at radius 2 is 1.67 bits per heavy atom. The second kappa shape index (κ2) is 8.37. The van der Waals surface area contributed by atoms with Crippen LogP contribution < -0.4 is 5.32 Å². The van der Waals surface area contributed by atoms with Gasteiger partial charge in [-0.25, -0.2) is 0 Å². The van der Waals surface area contributed by atoms with Crippen LogP contribution in [0.15, 0.2) is 0 Å². The van der Waals surface area contributed by atoms with Crippen LogP contribution in [-0.2, 0) is 9.59 Å². The van der Waals surface area contributed by atoms with Gasteiger partial charge in [0.2, 0.25) is 5.91 Å². The van der Waals surface area contributed by atoms with Crippen LogP contribution in [0, 0.1) is 11.8 Å². The van der Waals surface area contributed by atoms with E-state index in [9.17, 15) is 14.7 Å². The molecule has 0 radical (unpaired) electrons. The smallest absolute Gasteiger partial charge is 0.306 e. The monoisotopic (exact) mass is 296 g/mol. The van der Waals surface area contributed by atoms with Crippen molar-refractivity contribution in [3.05, 3.63) is 0 Å². The molecule has 2 rings (SSSR count). The molecule has 2 N–H and O–H groups in total. The lowest BCUT2D eigenvalue weighted by atomic mass is 9.79. The molecule has 5 heteroatoms. The molecule has 2 unspecified atom stereocenters. The van der Waals surface area contributed by atoms with Gasteiger partial charge in [0.15, 0.2) is 0 Å². The van der Waals surface area contributed by atoms with Gasteiger partial charge in [-0.2, -0.15) is 0 Å². The number of hydrogen-bond donors (Lipinski definition) is 2. The van der Waals surface area contributed by atoms with Crippen LogP contribution >= 0.6 is 0 Å². The minimum atomic E-state index is -0.680. The van der Waals surface area contributed by atoms with Gasteiger partial charge in [0.1, 0.15) is 0 Å². The minimum absolute atomic E-state index is 0.166. The third kappa shape index (κ3) is 4.99. The van der Waals surface area contributed by atoms with Crippen molar-refractivity contribution in [2.75, 3.05) is 26.2 Å². The number of amides is 1. The summed E-state index contributed by atoms with van der Waals surface area (Å²) in [7, 11) is 0. The maximum Gasteiger partial charge on any atom is 0.306 e. The Morgan fingerprint density at radius 3 is 2.33 bits per heavy atom. The molecule has 1 saturated carbocycles. The Balaban J connectivity index is 1.72. The first-order chi connectivity index (χ1) is 10.2. The number of carbonyl (C=O) groups is 2. The number of hydrogen-bond acceptors (Lipinski definition) is 3. The van der Waals surface area contributed by atoms with Gasteiger partial charge in [0.05, 0.1) is 12.5 Å². The lowest BCUT2D eigenvalue weighted by Crippen LogP contribution is -2.42. The van der Waals surface area contributed by atoms with E-state index >= 15 is 0 Å². The molecule has 5 nitrogen and oxygen atoms in total. The lowest BCUT2D eigenvalue weighted by molar-refractivity contribution is -0.144. The van der Waals surface area contributed by atoms with Crippen molar-refractivity contribution in [1.29, 1.82) is 0 Å². The average molecular weight is 296 g/mol. The molecule has 120 valence electrons. The van der Waals surface area contributed by atoms with Crippen molar-refractivity contribution >= 4 is 11.9 Å². The summed E-state index contributed by atoms with van der Waals surface area (Å²) in [5.74, 6) is -0.576. The number of carboxylic acids is 1. The van der Waals surface area contributed by atoms with Crippen molar-refractivity contribution in [1.82, 2.24) is 10.2 Å². The van der Waals surface area contributed by atoms with E-state index < -0.39 is 5.97 Å². The molecule has 0 bridgehead atoms. The maximum atomic E-state index is 12.2. The Kier molecular flexibility index (Phi) is 6.49. The highest BCUT2D eigenvalue weighted by Gasteiger charge is 2.30. The summed E-state index contributed by atoms with van der Waals surface area (Å²) in [4.78, 5) is 25.4. The Morgan fingerprint density at radius 1 is 1.00 bits per heavy atom. The fraction of sp³-hybridized carbons (Fsp3) is 0.875. The SMILES string of the molecule is O=C(O)C1CCCCC1CNCC(=O)N1CCCCCC1. The van der Waals surface area contributed by atoms with E-state index in [0.29, 0.717) is 13.1 Å². The van der Waals surface area contributed by atoms with Crippen LogP contribution in [0.2, 0.25) is 0 Å². The zero-order valence-electron chi connectivity index (χ0n) is 12.9. The first kappa shape index (κ1) is 16.3. The first-order valence-electron chi connectivity index (χ1n) is 8.40. The third-order valence-corrected chi connectivity index (χ3v) is 4.87. The van der Waals surface area contributed by atoms with Gasteiger partial charge in [-0.3, -0.25) is 9.59 Å². The fourth-order valence-electron chi connectivity index (χ4n) is 3.57. The third-order valence-electron chi connectivity index (χ3n) is 4.87. The van der Waals surface area contributed by atoms with Crippen molar-refractivity contribution in [3.8, 4) is 0 Å². The highest BCUT2D eigenvalue weighted by molar-refractivity contribution is 5.78. The van der Waals surface area contributed by atoms with E-state index in [1.54, 1.807) is 0 Å². The summed E-state index contributed by atoms with van der Waals surface area (Å²) in [6.07, 6.45) is 8.52. The second-order valence-electron chi connectivity index (χ2n) is 6.42. The zero-order chi connectivity index (χ0) is 15.1. The molecule has 1 aliphatic heterocycles. The Bertz CT molecular complexity index is 351. The summed E-state index contributed by atoms with van der Waals surface area (Å²) >= 11 is 0. The number of nitrogens with zero attached hydrogens (tertiary/aromatic N) is 1. The number of carboxylic acid groups (broad SMARTS) is 1. The van der Waals surface area contributed by atoms with Crippen molar-refractivity contribution in [2.45, 2.75) is 51.4 Å². The van der Waals surface area contributed by atoms with Crippen LogP contribution in [0.5, 0.6) is 0 Å². The van der Waals surface area contributed by atoms with E-state index in [2.05, 4.69) is 5.32 Å². The molecule has 0 aromatic carbocycles. The van der Waals surface area contributed by atoms with Gasteiger partial charge in [0, 0.05) is 13.1 Å². The molecule has 1 amide bonds. The number of aliphatic carboxylic acids is 1. The van der Waals surface area contributed by atoms with E-state index in [1.807, 2.05) is 4.90 Å². The summed E-state index contributed by atoms with van der Waals surface area (Å²) in [5.41, 5.74) is 0. The molecule has 1 heterocycles. The molecule has 1 aliphatic carbocycles. The largest absolute Gasteiger partial charge is 0.481 e. The maximum absolute atomic E-state index is 12.2. The predicted octanol–water partition coefficient (Wildman–Crippen LogP) is 1.87. The summed E-state index contributed by atoms with van der Waals surface area (Å²) in [5, 5.41) is 12.5. The van der Waals surface area contributed by atoms with E-state index in [4.69, 9.17) is 0 Å². The van der Waals surface area contributed by atoms with Crippen LogP contribution in [0.25, 0.3) is 0 Å². The Labute approximate surface area is 127 Å². The molecule has 2 atom stereocenters. The zero-order valence-corrected chi connectivity index (χ0v) is 12.9. The molecule has 0 spiro atoms. The fourth-order valence-corrected chi connectivity index (χ4v) is 3.57. The Hall–Kier alpha value is -1.10. The first-order valence-corrected chi connectivity index (χ1v) is 8.40. The van der Waals surface area contributed by atoms with Gasteiger partial charge in [0.25, 0.3) is 0 Å². The number of rotatable bonds is 5. The highest BCUT2D eigenvalue weighted by Crippen LogP contribution is 2.29. The van der Waals surface area contributed by atoms with Gasteiger partial charge in [-0.05, 0) is 38.1 Å². The van der Waals surface area contributed by atoms with Crippen LogP contribution in [-0.4, -0.2) is 48.1 Å². The summed E-state index contributed by atoms with van der Waals surface area (Å²) in [6.45, 7) is 2.75. The molecule has 21 heavy (non-hydrogen) atoms. The molecule has 2 aliphatic rings. The summed E-state index contributed by atoms with van der Waals surface area (Å²) < 4.78 is 0. The van der Waals surface area contributed by atoms with E-state index in [1.165, 1.54) is 12.8 Å². The normalized spacial score (nSPS) is 27.1. The number of likely N-dealkylation sites (tertiary alicyclic amines) is 1. The molecule has 1 saturated heterocycles. The van der Waals surface area contributed by atoms with Gasteiger partial charge in [-0.15, -0.1) is 0 Å². The van der Waals surface area contributed by atoms with Crippen LogP contribution in [0.3, 0.4) is 0 Å². The molecule has 0 aromatic rings. The van der Waals surface area contributed by atoms with E-state index in [-0.39, 0.29) is 17.7 Å². The molecular weight excluding hydrogens is 268 g/mol. The topological polar surface area (TPSA) is 69.6 Å². The van der Waals surface area contributed by atoms with Crippen LogP contribution in [0.4, 0.5) is 0 Å². The second-order valence-corrected chi connectivity index (χ2v) is 6.42. The van der Waals surface area contributed by atoms with Crippen molar-refractivity contribution < 1.29 is 14.7 Å². The number of nitrogens with one attached hydrogen (secondary N) is 1. The molecule has 2 fully saturated rings. The standard InChI is InChI=1S/C16H28N2O3/c19-15(18-9-5-1-2-6-10-18)12-17-11-13-7-3-4-8-14(13)16(20)21/h13-14,17H,1-12H2,(H,20,21). The molecule has 0 aromatic heterocycles. The van der Waals surface area contributed by atoms with Crippen LogP contribution in [0.1, 0.15) is 51.4 Å². The average Bonchev–Trinajstić information content (AvgIpc) is 2.76. The number of carbonyl (C=O) groups excluding carboxylic acids is 1.